The zero-order chi connectivity index (χ0) is 11.4. The van der Waals surface area contributed by atoms with Gasteiger partial charge in [-0.3, -0.25) is 9.59 Å². The maximum absolute atomic E-state index is 11.6. The molecule has 1 aromatic rings. The number of halogens is 1. The Labute approximate surface area is 101 Å². The largest absolute Gasteiger partial charge is 0.480 e. The number of hydrogen-bond donors (Lipinski definition) is 2. The van der Waals surface area contributed by atoms with Crippen molar-refractivity contribution in [1.29, 1.82) is 0 Å². The molecule has 1 amide bonds. The van der Waals surface area contributed by atoms with E-state index in [1.54, 1.807) is 18.2 Å². The lowest BCUT2D eigenvalue weighted by molar-refractivity contribution is -0.138. The standard InChI is InChI=1S/C10H10INO3/c1-6(10(14)15)12-9(13)7-4-2-3-5-8(7)11/h2-6H,1H3,(H,12,13)(H,14,15)/t6-/m1/s1. The van der Waals surface area contributed by atoms with Crippen LogP contribution in [-0.2, 0) is 4.79 Å². The fraction of sp³-hybridized carbons (Fsp3) is 0.200. The number of amides is 1. The van der Waals surface area contributed by atoms with Gasteiger partial charge in [-0.25, -0.2) is 0 Å². The fourth-order valence-corrected chi connectivity index (χ4v) is 1.61. The number of nitrogens with one attached hydrogen (secondary N) is 1. The normalized spacial score (nSPS) is 11.9. The molecule has 5 heteroatoms. The summed E-state index contributed by atoms with van der Waals surface area (Å²) in [7, 11) is 0. The van der Waals surface area contributed by atoms with Crippen molar-refractivity contribution in [1.82, 2.24) is 5.32 Å². The Bertz CT molecular complexity index is 392. The van der Waals surface area contributed by atoms with E-state index in [1.165, 1.54) is 6.92 Å². The Balaban J connectivity index is 2.78. The first-order chi connectivity index (χ1) is 7.02. The zero-order valence-corrected chi connectivity index (χ0v) is 10.2. The Morgan fingerprint density at radius 2 is 2.00 bits per heavy atom. The number of carbonyl (C=O) groups is 2. The smallest absolute Gasteiger partial charge is 0.325 e. The van der Waals surface area contributed by atoms with E-state index in [-0.39, 0.29) is 5.91 Å². The summed E-state index contributed by atoms with van der Waals surface area (Å²) in [6, 6.07) is 6.13. The molecule has 0 spiro atoms. The van der Waals surface area contributed by atoms with Crippen LogP contribution >= 0.6 is 22.6 Å². The van der Waals surface area contributed by atoms with Crippen LogP contribution in [0.4, 0.5) is 0 Å². The number of carboxylic acid groups (broad SMARTS) is 1. The van der Waals surface area contributed by atoms with Crippen LogP contribution in [-0.4, -0.2) is 23.0 Å². The van der Waals surface area contributed by atoms with Crippen molar-refractivity contribution in [3.8, 4) is 0 Å². The van der Waals surface area contributed by atoms with Gasteiger partial charge in [-0.2, -0.15) is 0 Å². The second-order valence-corrected chi connectivity index (χ2v) is 4.18. The highest BCUT2D eigenvalue weighted by Gasteiger charge is 2.16. The summed E-state index contributed by atoms with van der Waals surface area (Å²) >= 11 is 2.03. The van der Waals surface area contributed by atoms with Gasteiger partial charge in [-0.1, -0.05) is 12.1 Å². The van der Waals surface area contributed by atoms with E-state index in [9.17, 15) is 9.59 Å². The molecule has 0 fully saturated rings. The molecular weight excluding hydrogens is 309 g/mol. The van der Waals surface area contributed by atoms with E-state index in [0.29, 0.717) is 5.56 Å². The molecule has 0 saturated carbocycles. The van der Waals surface area contributed by atoms with Gasteiger partial charge in [0.1, 0.15) is 6.04 Å². The monoisotopic (exact) mass is 319 g/mol. The minimum Gasteiger partial charge on any atom is -0.480 e. The van der Waals surface area contributed by atoms with Gasteiger partial charge in [0.05, 0.1) is 5.56 Å². The molecule has 4 nitrogen and oxygen atoms in total. The van der Waals surface area contributed by atoms with Crippen LogP contribution in [0.3, 0.4) is 0 Å². The van der Waals surface area contributed by atoms with Crippen molar-refractivity contribution in [2.45, 2.75) is 13.0 Å². The molecule has 1 atom stereocenters. The van der Waals surface area contributed by atoms with Crippen LogP contribution in [0.15, 0.2) is 24.3 Å². The zero-order valence-electron chi connectivity index (χ0n) is 8.03. The highest BCUT2D eigenvalue weighted by molar-refractivity contribution is 14.1. The third-order valence-electron chi connectivity index (χ3n) is 1.84. The summed E-state index contributed by atoms with van der Waals surface area (Å²) in [6.45, 7) is 1.43. The summed E-state index contributed by atoms with van der Waals surface area (Å²) < 4.78 is 0.796. The quantitative estimate of drug-likeness (QED) is 0.830. The average Bonchev–Trinajstić information content (AvgIpc) is 2.18. The number of aliphatic carboxylic acids is 1. The van der Waals surface area contributed by atoms with Crippen LogP contribution in [0.5, 0.6) is 0 Å². The first-order valence-corrected chi connectivity index (χ1v) is 5.38. The third-order valence-corrected chi connectivity index (χ3v) is 2.78. The molecule has 0 heterocycles. The van der Waals surface area contributed by atoms with Crippen LogP contribution in [0.2, 0.25) is 0 Å². The molecule has 0 radical (unpaired) electrons. The van der Waals surface area contributed by atoms with E-state index < -0.39 is 12.0 Å². The van der Waals surface area contributed by atoms with E-state index >= 15 is 0 Å². The highest BCUT2D eigenvalue weighted by atomic mass is 127. The van der Waals surface area contributed by atoms with E-state index in [1.807, 2.05) is 28.7 Å². The molecular formula is C10H10INO3. The van der Waals surface area contributed by atoms with Crippen molar-refractivity contribution in [3.63, 3.8) is 0 Å². The van der Waals surface area contributed by atoms with Crippen molar-refractivity contribution < 1.29 is 14.7 Å². The van der Waals surface area contributed by atoms with E-state index in [2.05, 4.69) is 5.32 Å². The lowest BCUT2D eigenvalue weighted by Crippen LogP contribution is -2.38. The van der Waals surface area contributed by atoms with Crippen LogP contribution < -0.4 is 5.32 Å². The third kappa shape index (κ3) is 3.19. The lowest BCUT2D eigenvalue weighted by atomic mass is 10.2. The topological polar surface area (TPSA) is 66.4 Å². The van der Waals surface area contributed by atoms with Crippen molar-refractivity contribution >= 4 is 34.5 Å². The summed E-state index contributed by atoms with van der Waals surface area (Å²) in [6.07, 6.45) is 0. The number of carboxylic acids is 1. The number of carbonyl (C=O) groups excluding carboxylic acids is 1. The van der Waals surface area contributed by atoms with Gasteiger partial charge in [0.15, 0.2) is 0 Å². The number of hydrogen-bond acceptors (Lipinski definition) is 2. The molecule has 1 rings (SSSR count). The summed E-state index contributed by atoms with van der Waals surface area (Å²) in [5, 5.41) is 11.0. The van der Waals surface area contributed by atoms with Crippen molar-refractivity contribution in [2.75, 3.05) is 0 Å². The number of benzene rings is 1. The molecule has 0 aliphatic rings. The molecule has 0 aliphatic carbocycles. The molecule has 1 aromatic carbocycles. The summed E-state index contributed by atoms with van der Waals surface area (Å²) in [5.41, 5.74) is 0.492. The Morgan fingerprint density at radius 3 is 2.53 bits per heavy atom. The Hall–Kier alpha value is -1.11. The van der Waals surface area contributed by atoms with Gasteiger partial charge < -0.3 is 10.4 Å². The fourth-order valence-electron chi connectivity index (χ4n) is 0.981. The molecule has 0 bridgehead atoms. The average molecular weight is 319 g/mol. The first kappa shape index (κ1) is 12.0. The van der Waals surface area contributed by atoms with Gasteiger partial charge in [0.2, 0.25) is 0 Å². The summed E-state index contributed by atoms with van der Waals surface area (Å²) in [4.78, 5) is 22.1. The second-order valence-electron chi connectivity index (χ2n) is 3.01. The van der Waals surface area contributed by atoms with Crippen LogP contribution in [0, 0.1) is 3.57 Å². The van der Waals surface area contributed by atoms with Crippen molar-refractivity contribution in [2.24, 2.45) is 0 Å². The van der Waals surface area contributed by atoms with Crippen molar-refractivity contribution in [3.05, 3.63) is 33.4 Å². The van der Waals surface area contributed by atoms with Crippen LogP contribution in [0.1, 0.15) is 17.3 Å². The molecule has 80 valence electrons. The molecule has 0 saturated heterocycles. The molecule has 0 aromatic heterocycles. The lowest BCUT2D eigenvalue weighted by Gasteiger charge is -2.09. The second kappa shape index (κ2) is 5.11. The SMILES string of the molecule is C[C@@H](NC(=O)c1ccccc1I)C(=O)O. The minimum atomic E-state index is -1.05. The van der Waals surface area contributed by atoms with Crippen LogP contribution in [0.25, 0.3) is 0 Å². The van der Waals surface area contributed by atoms with Gasteiger partial charge in [0, 0.05) is 3.57 Å². The maximum atomic E-state index is 11.6. The van der Waals surface area contributed by atoms with Gasteiger partial charge >= 0.3 is 5.97 Å². The first-order valence-electron chi connectivity index (χ1n) is 4.30. The Kier molecular flexibility index (Phi) is 4.07. The van der Waals surface area contributed by atoms with Gasteiger partial charge in [0.25, 0.3) is 5.91 Å². The van der Waals surface area contributed by atoms with E-state index in [0.717, 1.165) is 3.57 Å². The molecule has 0 aliphatic heterocycles. The van der Waals surface area contributed by atoms with Gasteiger partial charge in [-0.15, -0.1) is 0 Å². The predicted molar refractivity (Wildman–Crippen MR) is 63.7 cm³/mol. The predicted octanol–water partition coefficient (Wildman–Crippen LogP) is 1.49. The van der Waals surface area contributed by atoms with Gasteiger partial charge in [-0.05, 0) is 41.6 Å². The molecule has 0 unspecified atom stereocenters. The number of rotatable bonds is 3. The summed E-state index contributed by atoms with van der Waals surface area (Å²) in [5.74, 6) is -1.41. The Morgan fingerprint density at radius 1 is 1.40 bits per heavy atom. The van der Waals surface area contributed by atoms with E-state index in [4.69, 9.17) is 5.11 Å². The minimum absolute atomic E-state index is 0.366. The highest BCUT2D eigenvalue weighted by Crippen LogP contribution is 2.11. The maximum Gasteiger partial charge on any atom is 0.325 e. The molecule has 15 heavy (non-hydrogen) atoms. The molecule has 2 N–H and O–H groups in total.